The first kappa shape index (κ1) is 13.2. The van der Waals surface area contributed by atoms with Gasteiger partial charge in [0.2, 0.25) is 0 Å². The van der Waals surface area contributed by atoms with E-state index in [1.807, 2.05) is 0 Å². The van der Waals surface area contributed by atoms with Crippen molar-refractivity contribution in [2.45, 2.75) is 0 Å². The molecule has 0 aliphatic rings. The SMILES string of the molecule is O=C(NCCO)c1cn[nH]c1-c1c(F)cccc1F. The summed E-state index contributed by atoms with van der Waals surface area (Å²) in [6.45, 7) is -0.184. The minimum atomic E-state index is -0.791. The van der Waals surface area contributed by atoms with Crippen molar-refractivity contribution in [3.8, 4) is 11.3 Å². The molecule has 0 radical (unpaired) electrons. The predicted molar refractivity (Wildman–Crippen MR) is 63.4 cm³/mol. The highest BCUT2D eigenvalue weighted by Gasteiger charge is 2.20. The molecule has 0 saturated heterocycles. The molecule has 100 valence electrons. The number of nitrogens with zero attached hydrogens (tertiary/aromatic N) is 1. The lowest BCUT2D eigenvalue weighted by Gasteiger charge is -2.06. The molecule has 0 aliphatic carbocycles. The lowest BCUT2D eigenvalue weighted by Crippen LogP contribution is -2.26. The van der Waals surface area contributed by atoms with E-state index in [1.54, 1.807) is 0 Å². The first-order valence-corrected chi connectivity index (χ1v) is 5.52. The Labute approximate surface area is 107 Å². The third kappa shape index (κ3) is 2.60. The number of hydrogen-bond donors (Lipinski definition) is 3. The van der Waals surface area contributed by atoms with E-state index in [0.717, 1.165) is 12.1 Å². The number of aliphatic hydroxyl groups is 1. The quantitative estimate of drug-likeness (QED) is 0.775. The van der Waals surface area contributed by atoms with Crippen molar-refractivity contribution in [2.24, 2.45) is 0 Å². The molecular formula is C12H11F2N3O2. The maximum atomic E-state index is 13.6. The zero-order chi connectivity index (χ0) is 13.8. The molecule has 7 heteroatoms. The number of amides is 1. The van der Waals surface area contributed by atoms with Crippen molar-refractivity contribution in [1.29, 1.82) is 0 Å². The van der Waals surface area contributed by atoms with Crippen LogP contribution >= 0.6 is 0 Å². The van der Waals surface area contributed by atoms with Crippen molar-refractivity contribution in [3.63, 3.8) is 0 Å². The number of carbonyl (C=O) groups is 1. The molecule has 19 heavy (non-hydrogen) atoms. The number of rotatable bonds is 4. The van der Waals surface area contributed by atoms with Crippen LogP contribution in [0.1, 0.15) is 10.4 Å². The van der Waals surface area contributed by atoms with Crippen LogP contribution in [0.25, 0.3) is 11.3 Å². The summed E-state index contributed by atoms with van der Waals surface area (Å²) in [5, 5.41) is 17.1. The van der Waals surface area contributed by atoms with Crippen molar-refractivity contribution < 1.29 is 18.7 Å². The largest absolute Gasteiger partial charge is 0.395 e. The lowest BCUT2D eigenvalue weighted by atomic mass is 10.1. The standard InChI is InChI=1S/C12H11F2N3O2/c13-8-2-1-3-9(14)10(8)11-7(6-16-17-11)12(19)15-4-5-18/h1-3,6,18H,4-5H2,(H,15,19)(H,16,17). The van der Waals surface area contributed by atoms with Gasteiger partial charge >= 0.3 is 0 Å². The number of aromatic amines is 1. The Balaban J connectivity index is 2.42. The smallest absolute Gasteiger partial charge is 0.255 e. The fourth-order valence-electron chi connectivity index (χ4n) is 1.65. The summed E-state index contributed by atoms with van der Waals surface area (Å²) >= 11 is 0. The van der Waals surface area contributed by atoms with Crippen LogP contribution in [-0.4, -0.2) is 34.4 Å². The maximum absolute atomic E-state index is 13.6. The van der Waals surface area contributed by atoms with E-state index in [4.69, 9.17) is 5.11 Å². The van der Waals surface area contributed by atoms with Crippen molar-refractivity contribution in [1.82, 2.24) is 15.5 Å². The third-order valence-corrected chi connectivity index (χ3v) is 2.49. The highest BCUT2D eigenvalue weighted by Crippen LogP contribution is 2.26. The monoisotopic (exact) mass is 267 g/mol. The summed E-state index contributed by atoms with van der Waals surface area (Å²) < 4.78 is 27.3. The molecule has 2 rings (SSSR count). The second-order valence-corrected chi connectivity index (χ2v) is 3.73. The Hall–Kier alpha value is -2.28. The summed E-state index contributed by atoms with van der Waals surface area (Å²) in [5.41, 5.74) is -0.363. The molecule has 1 heterocycles. The van der Waals surface area contributed by atoms with Crippen molar-refractivity contribution >= 4 is 5.91 Å². The fraction of sp³-hybridized carbons (Fsp3) is 0.167. The number of nitrogens with one attached hydrogen (secondary N) is 2. The van der Waals surface area contributed by atoms with Gasteiger partial charge in [0, 0.05) is 6.54 Å². The molecule has 5 nitrogen and oxygen atoms in total. The van der Waals surface area contributed by atoms with Gasteiger partial charge in [-0.3, -0.25) is 9.89 Å². The van der Waals surface area contributed by atoms with Gasteiger partial charge in [-0.2, -0.15) is 5.10 Å². The van der Waals surface area contributed by atoms with Gasteiger partial charge in [-0.1, -0.05) is 6.07 Å². The van der Waals surface area contributed by atoms with E-state index in [1.165, 1.54) is 12.3 Å². The van der Waals surface area contributed by atoms with Crippen molar-refractivity contribution in [3.05, 3.63) is 41.6 Å². The molecule has 0 saturated carbocycles. The highest BCUT2D eigenvalue weighted by atomic mass is 19.1. The average molecular weight is 267 g/mol. The van der Waals surface area contributed by atoms with E-state index in [0.29, 0.717) is 0 Å². The molecule has 0 aliphatic heterocycles. The summed E-state index contributed by atoms with van der Waals surface area (Å²) in [7, 11) is 0. The van der Waals surface area contributed by atoms with Gasteiger partial charge < -0.3 is 10.4 Å². The number of carbonyl (C=O) groups excluding carboxylic acids is 1. The van der Waals surface area contributed by atoms with E-state index < -0.39 is 17.5 Å². The summed E-state index contributed by atoms with van der Waals surface area (Å²) in [6, 6.07) is 3.42. The second kappa shape index (κ2) is 5.57. The summed E-state index contributed by atoms with van der Waals surface area (Å²) in [4.78, 5) is 11.8. The zero-order valence-corrected chi connectivity index (χ0v) is 9.78. The van der Waals surface area contributed by atoms with Crippen LogP contribution in [0, 0.1) is 11.6 Å². The molecule has 0 spiro atoms. The minimum Gasteiger partial charge on any atom is -0.395 e. The van der Waals surface area contributed by atoms with E-state index in [9.17, 15) is 13.6 Å². The number of benzene rings is 1. The fourth-order valence-corrected chi connectivity index (χ4v) is 1.65. The Morgan fingerprint density at radius 2 is 2.05 bits per heavy atom. The topological polar surface area (TPSA) is 78.0 Å². The van der Waals surface area contributed by atoms with Gasteiger partial charge in [0.05, 0.1) is 29.6 Å². The molecule has 0 bridgehead atoms. The van der Waals surface area contributed by atoms with E-state index in [-0.39, 0.29) is 30.0 Å². The van der Waals surface area contributed by atoms with Gasteiger partial charge in [-0.05, 0) is 12.1 Å². The molecule has 0 atom stereocenters. The van der Waals surface area contributed by atoms with E-state index in [2.05, 4.69) is 15.5 Å². The van der Waals surface area contributed by atoms with Crippen LogP contribution in [0.15, 0.2) is 24.4 Å². The lowest BCUT2D eigenvalue weighted by molar-refractivity contribution is 0.0945. The van der Waals surface area contributed by atoms with Crippen LogP contribution in [0.3, 0.4) is 0 Å². The van der Waals surface area contributed by atoms with E-state index >= 15 is 0 Å². The number of aliphatic hydroxyl groups excluding tert-OH is 1. The highest BCUT2D eigenvalue weighted by molar-refractivity contribution is 5.99. The zero-order valence-electron chi connectivity index (χ0n) is 9.78. The molecule has 0 unspecified atom stereocenters. The van der Waals surface area contributed by atoms with Crippen LogP contribution in [-0.2, 0) is 0 Å². The van der Waals surface area contributed by atoms with Gasteiger partial charge in [0.25, 0.3) is 5.91 Å². The molecular weight excluding hydrogens is 256 g/mol. The van der Waals surface area contributed by atoms with Gasteiger partial charge in [-0.15, -0.1) is 0 Å². The summed E-state index contributed by atoms with van der Waals surface area (Å²) in [6.07, 6.45) is 1.17. The van der Waals surface area contributed by atoms with Gasteiger partial charge in [0.1, 0.15) is 11.6 Å². The molecule has 0 fully saturated rings. The molecule has 3 N–H and O–H groups in total. The normalized spacial score (nSPS) is 10.5. The predicted octanol–water partition coefficient (Wildman–Crippen LogP) is 1.08. The minimum absolute atomic E-state index is 0.0115. The van der Waals surface area contributed by atoms with Crippen LogP contribution in [0.4, 0.5) is 8.78 Å². The van der Waals surface area contributed by atoms with Gasteiger partial charge in [-0.25, -0.2) is 8.78 Å². The Morgan fingerprint density at radius 3 is 2.68 bits per heavy atom. The molecule has 1 aromatic heterocycles. The molecule has 1 aromatic carbocycles. The number of aromatic nitrogens is 2. The number of hydrogen-bond acceptors (Lipinski definition) is 3. The Bertz CT molecular complexity index is 578. The molecule has 2 aromatic rings. The second-order valence-electron chi connectivity index (χ2n) is 3.73. The maximum Gasteiger partial charge on any atom is 0.255 e. The average Bonchev–Trinajstić information content (AvgIpc) is 2.85. The van der Waals surface area contributed by atoms with Gasteiger partial charge in [0.15, 0.2) is 0 Å². The molecule has 1 amide bonds. The summed E-state index contributed by atoms with van der Waals surface area (Å²) in [5.74, 6) is -2.15. The van der Waals surface area contributed by atoms with Crippen LogP contribution in [0.5, 0.6) is 0 Å². The number of halogens is 2. The van der Waals surface area contributed by atoms with Crippen LogP contribution < -0.4 is 5.32 Å². The first-order chi connectivity index (χ1) is 9.15. The number of H-pyrrole nitrogens is 1. The van der Waals surface area contributed by atoms with Crippen molar-refractivity contribution in [2.75, 3.05) is 13.2 Å². The first-order valence-electron chi connectivity index (χ1n) is 5.52. The van der Waals surface area contributed by atoms with Crippen LogP contribution in [0.2, 0.25) is 0 Å². The Kier molecular flexibility index (Phi) is 3.86. The third-order valence-electron chi connectivity index (χ3n) is 2.49. The Morgan fingerprint density at radius 1 is 1.37 bits per heavy atom.